The quantitative estimate of drug-likeness (QED) is 0.628. The molecule has 1 aliphatic carbocycles. The van der Waals surface area contributed by atoms with E-state index in [1.807, 2.05) is 0 Å². The predicted molar refractivity (Wildman–Crippen MR) is 65.5 cm³/mol. The number of rotatable bonds is 6. The van der Waals surface area contributed by atoms with Gasteiger partial charge in [0.15, 0.2) is 0 Å². The highest BCUT2D eigenvalue weighted by atomic mass is 16.5. The fourth-order valence-electron chi connectivity index (χ4n) is 2.30. The highest BCUT2D eigenvalue weighted by molar-refractivity contribution is 5.47. The monoisotopic (exact) mass is 220 g/mol. The number of hydrogen-bond acceptors (Lipinski definition) is 2. The molecule has 3 nitrogen and oxygen atoms in total. The van der Waals surface area contributed by atoms with Gasteiger partial charge in [0.25, 0.3) is 0 Å². The molecule has 3 heteroatoms. The molecule has 0 amide bonds. The Morgan fingerprint density at radius 1 is 1.50 bits per heavy atom. The predicted octanol–water partition coefficient (Wildman–Crippen LogP) is 1.06. The summed E-state index contributed by atoms with van der Waals surface area (Å²) in [5.41, 5.74) is 3.74. The third-order valence-corrected chi connectivity index (χ3v) is 3.24. The number of hydroxylamine groups is 1. The normalized spacial score (nSPS) is 15.4. The second-order valence-electron chi connectivity index (χ2n) is 4.46. The van der Waals surface area contributed by atoms with Gasteiger partial charge >= 0.3 is 0 Å². The second kappa shape index (κ2) is 5.32. The zero-order valence-electron chi connectivity index (χ0n) is 9.79. The topological polar surface area (TPSA) is 48.0 Å². The number of hydrogen-bond donors (Lipinski definition) is 3. The summed E-state index contributed by atoms with van der Waals surface area (Å²) < 4.78 is 0. The van der Waals surface area contributed by atoms with E-state index < -0.39 is 0 Å². The lowest BCUT2D eigenvalue weighted by molar-refractivity contribution is 0.120. The fourth-order valence-corrected chi connectivity index (χ4v) is 2.30. The lowest BCUT2D eigenvalue weighted by Gasteiger charge is -2.13. The highest BCUT2D eigenvalue weighted by Crippen LogP contribution is 2.05. The molecule has 0 aliphatic heterocycles. The van der Waals surface area contributed by atoms with Gasteiger partial charge in [0.2, 0.25) is 0 Å². The molecule has 0 aromatic carbocycles. The molecular weight excluding hydrogens is 200 g/mol. The molecule has 0 saturated carbocycles. The molecule has 0 spiro atoms. The summed E-state index contributed by atoms with van der Waals surface area (Å²) in [6, 6.07) is 0.175. The molecule has 1 heterocycles. The van der Waals surface area contributed by atoms with Crippen LogP contribution in [0.1, 0.15) is 38.2 Å². The van der Waals surface area contributed by atoms with E-state index in [4.69, 9.17) is 5.21 Å². The summed E-state index contributed by atoms with van der Waals surface area (Å²) in [5.74, 6) is 0. The van der Waals surface area contributed by atoms with Gasteiger partial charge in [0.05, 0.1) is 0 Å². The smallest absolute Gasteiger partial charge is 0.0416 e. The minimum Gasteiger partial charge on any atom is -0.361 e. The van der Waals surface area contributed by atoms with E-state index >= 15 is 0 Å². The summed E-state index contributed by atoms with van der Waals surface area (Å²) in [6.07, 6.45) is 11.8. The van der Waals surface area contributed by atoms with E-state index in [0.29, 0.717) is 0 Å². The van der Waals surface area contributed by atoms with Gasteiger partial charge in [-0.15, -0.1) is 0 Å². The van der Waals surface area contributed by atoms with Crippen molar-refractivity contribution < 1.29 is 5.21 Å². The van der Waals surface area contributed by atoms with Crippen molar-refractivity contribution in [1.29, 1.82) is 0 Å². The van der Waals surface area contributed by atoms with E-state index in [2.05, 4.69) is 35.7 Å². The van der Waals surface area contributed by atoms with Crippen LogP contribution in [0.2, 0.25) is 0 Å². The average molecular weight is 220 g/mol. The Labute approximate surface area is 95.8 Å². The molecular formula is C13H20N2O. The number of H-pyrrole nitrogens is 1. The first kappa shape index (κ1) is 11.4. The molecule has 3 N–H and O–H groups in total. The van der Waals surface area contributed by atoms with Gasteiger partial charge in [0.1, 0.15) is 0 Å². The molecule has 1 unspecified atom stereocenters. The summed E-state index contributed by atoms with van der Waals surface area (Å²) in [5, 5.41) is 11.7. The Bertz CT molecular complexity index is 447. The van der Waals surface area contributed by atoms with Gasteiger partial charge in [-0.2, -0.15) is 0 Å². The van der Waals surface area contributed by atoms with E-state index in [0.717, 1.165) is 25.7 Å². The zero-order chi connectivity index (χ0) is 11.4. The van der Waals surface area contributed by atoms with Gasteiger partial charge < -0.3 is 10.2 Å². The average Bonchev–Trinajstić information content (AvgIpc) is 2.88. The summed E-state index contributed by atoms with van der Waals surface area (Å²) >= 11 is 0. The maximum atomic E-state index is 9.12. The van der Waals surface area contributed by atoms with Crippen LogP contribution in [0.5, 0.6) is 0 Å². The van der Waals surface area contributed by atoms with Crippen LogP contribution in [-0.2, 0) is 6.42 Å². The Hall–Kier alpha value is -1.06. The third kappa shape index (κ3) is 2.36. The minimum atomic E-state index is 0.175. The van der Waals surface area contributed by atoms with E-state index in [9.17, 15) is 0 Å². The van der Waals surface area contributed by atoms with Crippen LogP contribution in [0.15, 0.2) is 6.20 Å². The van der Waals surface area contributed by atoms with Gasteiger partial charge in [-0.25, -0.2) is 5.48 Å². The van der Waals surface area contributed by atoms with Crippen LogP contribution in [0.4, 0.5) is 0 Å². The van der Waals surface area contributed by atoms with Crippen LogP contribution < -0.4 is 16.0 Å². The Kier molecular flexibility index (Phi) is 3.80. The van der Waals surface area contributed by atoms with Crippen molar-refractivity contribution in [2.24, 2.45) is 0 Å². The molecule has 1 aromatic heterocycles. The van der Waals surface area contributed by atoms with E-state index in [1.165, 1.54) is 22.6 Å². The first-order valence-electron chi connectivity index (χ1n) is 6.11. The summed E-state index contributed by atoms with van der Waals surface area (Å²) in [6.45, 7) is 2.17. The lowest BCUT2D eigenvalue weighted by atomic mass is 10.0. The SMILES string of the molecule is CCCCC(Cc1c[nH]c2c1=CCC=2)NO. The molecule has 88 valence electrons. The minimum absolute atomic E-state index is 0.175. The Morgan fingerprint density at radius 2 is 2.38 bits per heavy atom. The van der Waals surface area contributed by atoms with Crippen molar-refractivity contribution in [2.75, 3.05) is 0 Å². The molecule has 0 radical (unpaired) electrons. The Morgan fingerprint density at radius 3 is 3.12 bits per heavy atom. The molecule has 0 bridgehead atoms. The van der Waals surface area contributed by atoms with Gasteiger partial charge in [0, 0.05) is 17.6 Å². The number of fused-ring (bicyclic) bond motifs is 1. The van der Waals surface area contributed by atoms with Crippen LogP contribution in [0.3, 0.4) is 0 Å². The largest absolute Gasteiger partial charge is 0.361 e. The number of unbranched alkanes of at least 4 members (excludes halogenated alkanes) is 1. The zero-order valence-corrected chi connectivity index (χ0v) is 9.79. The molecule has 1 aliphatic rings. The van der Waals surface area contributed by atoms with Gasteiger partial charge in [-0.05, 0) is 30.0 Å². The molecule has 0 fully saturated rings. The van der Waals surface area contributed by atoms with E-state index in [-0.39, 0.29) is 6.04 Å². The molecule has 0 saturated heterocycles. The van der Waals surface area contributed by atoms with Crippen molar-refractivity contribution in [2.45, 2.75) is 45.1 Å². The number of nitrogens with one attached hydrogen (secondary N) is 2. The first-order chi connectivity index (χ1) is 7.85. The third-order valence-electron chi connectivity index (χ3n) is 3.24. The Balaban J connectivity index is 2.05. The maximum Gasteiger partial charge on any atom is 0.0416 e. The van der Waals surface area contributed by atoms with Crippen molar-refractivity contribution in [3.63, 3.8) is 0 Å². The standard InChI is InChI=1S/C13H20N2O/c1-2-3-5-11(15-16)8-10-9-14-13-7-4-6-12(10)13/h6-7,9,11,14-16H,2-5,8H2,1H3. The molecule has 2 rings (SSSR count). The molecule has 1 atom stereocenters. The van der Waals surface area contributed by atoms with Crippen molar-refractivity contribution in [3.05, 3.63) is 22.3 Å². The fraction of sp³-hybridized carbons (Fsp3) is 0.538. The number of aromatic nitrogens is 1. The van der Waals surface area contributed by atoms with Crippen molar-refractivity contribution in [3.8, 4) is 0 Å². The van der Waals surface area contributed by atoms with Crippen LogP contribution in [-0.4, -0.2) is 16.2 Å². The van der Waals surface area contributed by atoms with E-state index in [1.54, 1.807) is 0 Å². The van der Waals surface area contributed by atoms with Gasteiger partial charge in [-0.1, -0.05) is 31.9 Å². The first-order valence-corrected chi connectivity index (χ1v) is 6.11. The van der Waals surface area contributed by atoms with Crippen molar-refractivity contribution >= 4 is 12.2 Å². The molecule has 16 heavy (non-hydrogen) atoms. The summed E-state index contributed by atoms with van der Waals surface area (Å²) in [4.78, 5) is 3.28. The van der Waals surface area contributed by atoms with Crippen molar-refractivity contribution in [1.82, 2.24) is 10.5 Å². The summed E-state index contributed by atoms with van der Waals surface area (Å²) in [7, 11) is 0. The second-order valence-corrected chi connectivity index (χ2v) is 4.46. The van der Waals surface area contributed by atoms with Crippen LogP contribution in [0.25, 0.3) is 12.2 Å². The maximum absolute atomic E-state index is 9.12. The highest BCUT2D eigenvalue weighted by Gasteiger charge is 2.10. The van der Waals surface area contributed by atoms with Crippen LogP contribution >= 0.6 is 0 Å². The molecule has 1 aromatic rings. The van der Waals surface area contributed by atoms with Crippen LogP contribution in [0, 0.1) is 0 Å². The number of aromatic amines is 1. The van der Waals surface area contributed by atoms with Gasteiger partial charge in [-0.3, -0.25) is 0 Å². The lowest BCUT2D eigenvalue weighted by Crippen LogP contribution is -2.31.